The average molecular weight is 575 g/mol. The number of aliphatic hydroxyl groups is 1. The predicted molar refractivity (Wildman–Crippen MR) is 160 cm³/mol. The summed E-state index contributed by atoms with van der Waals surface area (Å²) in [7, 11) is 0. The topological polar surface area (TPSA) is 99.7 Å². The molecule has 6 rings (SSSR count). The predicted octanol–water partition coefficient (Wildman–Crippen LogP) is 4.96. The van der Waals surface area contributed by atoms with Crippen LogP contribution < -0.4 is 10.1 Å². The number of halogens is 1. The molecule has 0 spiro atoms. The minimum absolute atomic E-state index is 0.0732. The van der Waals surface area contributed by atoms with Crippen molar-refractivity contribution in [2.75, 3.05) is 19.1 Å². The molecular formula is C32H35ClN4O4. The van der Waals surface area contributed by atoms with Gasteiger partial charge in [0.15, 0.2) is 6.23 Å². The Labute approximate surface area is 244 Å². The molecule has 3 atom stereocenters. The van der Waals surface area contributed by atoms with Crippen LogP contribution in [0.2, 0.25) is 0 Å². The van der Waals surface area contributed by atoms with Gasteiger partial charge in [0.25, 0.3) is 5.91 Å². The van der Waals surface area contributed by atoms with Gasteiger partial charge in [-0.15, -0.1) is 11.6 Å². The number of H-pyrrole nitrogens is 1. The van der Waals surface area contributed by atoms with Crippen LogP contribution in [0.5, 0.6) is 5.75 Å². The van der Waals surface area contributed by atoms with Gasteiger partial charge in [-0.25, -0.2) is 0 Å². The van der Waals surface area contributed by atoms with Crippen LogP contribution in [0.3, 0.4) is 0 Å². The first kappa shape index (κ1) is 27.7. The van der Waals surface area contributed by atoms with E-state index in [4.69, 9.17) is 21.1 Å². The van der Waals surface area contributed by atoms with Crippen molar-refractivity contribution in [2.45, 2.75) is 56.1 Å². The molecule has 3 aromatic rings. The van der Waals surface area contributed by atoms with Gasteiger partial charge in [-0.3, -0.25) is 14.8 Å². The van der Waals surface area contributed by atoms with E-state index in [1.165, 1.54) is 12.8 Å². The number of alkyl halides is 1. The fourth-order valence-electron chi connectivity index (χ4n) is 6.28. The SMILES string of the molecule is C=C/C=C\C=C(/CCl)[C@H](O)NC(=O)c1ccc2[nH]nc(-c3ccc(OC4CC5CCC(C4)N5C4COC4)cc3)c2c1. The molecule has 3 aliphatic heterocycles. The van der Waals surface area contributed by atoms with Crippen LogP contribution in [-0.4, -0.2) is 75.7 Å². The van der Waals surface area contributed by atoms with Crippen molar-refractivity contribution in [3.8, 4) is 17.0 Å². The number of carbonyl (C=O) groups is 1. The summed E-state index contributed by atoms with van der Waals surface area (Å²) in [6.07, 6.45) is 10.3. The molecule has 1 aromatic heterocycles. The van der Waals surface area contributed by atoms with Crippen molar-refractivity contribution in [3.05, 3.63) is 84.5 Å². The number of nitrogens with one attached hydrogen (secondary N) is 2. The second kappa shape index (κ2) is 12.2. The Hall–Kier alpha value is -3.43. The summed E-state index contributed by atoms with van der Waals surface area (Å²) >= 11 is 5.96. The number of fused-ring (bicyclic) bond motifs is 3. The van der Waals surface area contributed by atoms with E-state index in [0.717, 1.165) is 54.0 Å². The smallest absolute Gasteiger partial charge is 0.253 e. The molecule has 1 amide bonds. The summed E-state index contributed by atoms with van der Waals surface area (Å²) in [5.74, 6) is 0.520. The van der Waals surface area contributed by atoms with E-state index < -0.39 is 12.1 Å². The van der Waals surface area contributed by atoms with Crippen LogP contribution in [0.4, 0.5) is 0 Å². The summed E-state index contributed by atoms with van der Waals surface area (Å²) in [6, 6.07) is 15.1. The summed E-state index contributed by atoms with van der Waals surface area (Å²) in [4.78, 5) is 15.6. The zero-order valence-corrected chi connectivity index (χ0v) is 23.6. The van der Waals surface area contributed by atoms with E-state index in [1.54, 1.807) is 36.4 Å². The largest absolute Gasteiger partial charge is 0.490 e. The van der Waals surface area contributed by atoms with Crippen molar-refractivity contribution in [2.24, 2.45) is 0 Å². The van der Waals surface area contributed by atoms with Gasteiger partial charge in [0, 0.05) is 34.5 Å². The van der Waals surface area contributed by atoms with E-state index in [2.05, 4.69) is 27.0 Å². The van der Waals surface area contributed by atoms with Crippen LogP contribution in [0.15, 0.2) is 78.9 Å². The molecule has 0 radical (unpaired) electrons. The molecule has 9 heteroatoms. The van der Waals surface area contributed by atoms with Gasteiger partial charge in [-0.05, 0) is 73.7 Å². The molecule has 4 heterocycles. The number of rotatable bonds is 10. The van der Waals surface area contributed by atoms with Gasteiger partial charge in [-0.2, -0.15) is 5.10 Å². The molecule has 2 bridgehead atoms. The van der Waals surface area contributed by atoms with E-state index in [1.807, 2.05) is 30.3 Å². The molecule has 41 heavy (non-hydrogen) atoms. The van der Waals surface area contributed by atoms with E-state index >= 15 is 0 Å². The lowest BCUT2D eigenvalue weighted by atomic mass is 9.96. The Bertz CT molecular complexity index is 1450. The standard InChI is InChI=1S/C32H35ClN4O4/c1-2-3-4-5-22(17-33)32(39)34-31(38)21-8-13-29-28(14-21)30(36-35-29)20-6-11-26(12-7-20)41-27-15-23-9-10-24(16-27)37(23)25-18-40-19-25/h2-8,11-14,23-25,27,32,39H,1,9-10,15-19H2,(H,34,38)(H,35,36)/b4-3-,22-5+/t23?,24?,27?,32-/m0/s1. The number of ether oxygens (including phenoxy) is 2. The number of aromatic amines is 1. The average Bonchev–Trinajstić information content (AvgIpc) is 3.47. The first-order valence-corrected chi connectivity index (χ1v) is 14.7. The number of amides is 1. The molecular weight excluding hydrogens is 540 g/mol. The highest BCUT2D eigenvalue weighted by Crippen LogP contribution is 2.40. The first-order chi connectivity index (χ1) is 20.0. The number of hydrogen-bond donors (Lipinski definition) is 3. The minimum Gasteiger partial charge on any atom is -0.490 e. The van der Waals surface area contributed by atoms with Gasteiger partial charge in [0.2, 0.25) is 0 Å². The number of carbonyl (C=O) groups excluding carboxylic acids is 1. The van der Waals surface area contributed by atoms with Crippen molar-refractivity contribution in [1.29, 1.82) is 0 Å². The van der Waals surface area contributed by atoms with Gasteiger partial charge in [0.05, 0.1) is 30.5 Å². The summed E-state index contributed by atoms with van der Waals surface area (Å²) in [5, 5.41) is 21.5. The van der Waals surface area contributed by atoms with Gasteiger partial charge in [0.1, 0.15) is 11.9 Å². The second-order valence-electron chi connectivity index (χ2n) is 11.0. The molecule has 0 saturated carbocycles. The maximum Gasteiger partial charge on any atom is 0.253 e. The van der Waals surface area contributed by atoms with Crippen LogP contribution >= 0.6 is 11.6 Å². The van der Waals surface area contributed by atoms with Crippen molar-refractivity contribution in [3.63, 3.8) is 0 Å². The molecule has 2 unspecified atom stereocenters. The molecule has 3 fully saturated rings. The molecule has 8 nitrogen and oxygen atoms in total. The molecule has 214 valence electrons. The highest BCUT2D eigenvalue weighted by Gasteiger charge is 2.46. The lowest BCUT2D eigenvalue weighted by Crippen LogP contribution is -2.57. The Balaban J connectivity index is 1.13. The molecule has 0 aliphatic carbocycles. The third-order valence-electron chi connectivity index (χ3n) is 8.37. The number of piperidine rings is 1. The van der Waals surface area contributed by atoms with Gasteiger partial charge < -0.3 is 19.9 Å². The molecule has 3 aliphatic rings. The minimum atomic E-state index is -1.21. The van der Waals surface area contributed by atoms with Crippen LogP contribution in [0.25, 0.3) is 22.2 Å². The Morgan fingerprint density at radius 3 is 2.59 bits per heavy atom. The van der Waals surface area contributed by atoms with Crippen molar-refractivity contribution < 1.29 is 19.4 Å². The summed E-state index contributed by atoms with van der Waals surface area (Å²) in [5.41, 5.74) is 3.35. The number of benzene rings is 2. The zero-order chi connectivity index (χ0) is 28.3. The van der Waals surface area contributed by atoms with Crippen LogP contribution in [-0.2, 0) is 4.74 Å². The number of nitrogens with zero attached hydrogens (tertiary/aromatic N) is 2. The molecule has 3 saturated heterocycles. The third kappa shape index (κ3) is 5.83. The highest BCUT2D eigenvalue weighted by molar-refractivity contribution is 6.19. The summed E-state index contributed by atoms with van der Waals surface area (Å²) < 4.78 is 11.9. The van der Waals surface area contributed by atoms with E-state index in [-0.39, 0.29) is 12.0 Å². The fourth-order valence-corrected chi connectivity index (χ4v) is 6.51. The zero-order valence-electron chi connectivity index (χ0n) is 22.8. The lowest BCUT2D eigenvalue weighted by Gasteiger charge is -2.46. The number of allylic oxidation sites excluding steroid dienone is 4. The Morgan fingerprint density at radius 1 is 1.17 bits per heavy atom. The normalized spacial score (nSPS) is 24.0. The first-order valence-electron chi connectivity index (χ1n) is 14.2. The van der Waals surface area contributed by atoms with Crippen molar-refractivity contribution in [1.82, 2.24) is 20.4 Å². The second-order valence-corrected chi connectivity index (χ2v) is 11.2. The monoisotopic (exact) mass is 574 g/mol. The molecule has 2 aromatic carbocycles. The van der Waals surface area contributed by atoms with Crippen molar-refractivity contribution >= 4 is 28.4 Å². The maximum absolute atomic E-state index is 12.9. The fraction of sp³-hybridized carbons (Fsp3) is 0.375. The highest BCUT2D eigenvalue weighted by atomic mass is 35.5. The van der Waals surface area contributed by atoms with Crippen LogP contribution in [0.1, 0.15) is 36.0 Å². The van der Waals surface area contributed by atoms with Gasteiger partial charge in [-0.1, -0.05) is 30.9 Å². The number of aliphatic hydroxyl groups excluding tert-OH is 1. The van der Waals surface area contributed by atoms with Gasteiger partial charge >= 0.3 is 0 Å². The van der Waals surface area contributed by atoms with E-state index in [0.29, 0.717) is 29.3 Å². The number of aromatic nitrogens is 2. The van der Waals surface area contributed by atoms with E-state index in [9.17, 15) is 9.90 Å². The lowest BCUT2D eigenvalue weighted by molar-refractivity contribution is -0.102. The molecule has 3 N–H and O–H groups in total. The Kier molecular flexibility index (Phi) is 8.25. The third-order valence-corrected chi connectivity index (χ3v) is 8.68. The summed E-state index contributed by atoms with van der Waals surface area (Å²) in [6.45, 7) is 5.35. The quantitative estimate of drug-likeness (QED) is 0.180. The Morgan fingerprint density at radius 2 is 1.93 bits per heavy atom. The number of hydrogen-bond acceptors (Lipinski definition) is 6. The van der Waals surface area contributed by atoms with Crippen LogP contribution in [0, 0.1) is 0 Å². The maximum atomic E-state index is 12.9.